The van der Waals surface area contributed by atoms with Crippen LogP contribution in [0.1, 0.15) is 11.1 Å². The fraction of sp³-hybridized carbons (Fsp3) is 0. The minimum Gasteiger partial charge on any atom is -0.402 e. The summed E-state index contributed by atoms with van der Waals surface area (Å²) in [4.78, 5) is 20.1. The van der Waals surface area contributed by atoms with Crippen LogP contribution in [0.5, 0.6) is 0 Å². The second kappa shape index (κ2) is 6.79. The fourth-order valence-electron chi connectivity index (χ4n) is 2.45. The molecule has 26 heavy (non-hydrogen) atoms. The van der Waals surface area contributed by atoms with Crippen LogP contribution in [-0.4, -0.2) is 26.6 Å². The lowest BCUT2D eigenvalue weighted by Gasteiger charge is -2.03. The molecule has 2 aromatic carbocycles. The zero-order chi connectivity index (χ0) is 18.1. The molecular formula is C18H10FIN4O2. The van der Waals surface area contributed by atoms with Crippen molar-refractivity contribution in [2.75, 3.05) is 0 Å². The summed E-state index contributed by atoms with van der Waals surface area (Å²) in [5.41, 5.74) is 1.61. The molecule has 0 atom stereocenters. The van der Waals surface area contributed by atoms with Crippen molar-refractivity contribution in [3.63, 3.8) is 0 Å². The standard InChI is InChI=1S/C18H10FIN4O2/c19-13-7-11(5-6-16(13)24-10-21-9-22-24)8-15-18(25)26-17(23-15)12-3-1-2-4-14(12)20/h1-10H/b15-8-. The lowest BCUT2D eigenvalue weighted by atomic mass is 10.1. The molecule has 0 fully saturated rings. The third kappa shape index (κ3) is 3.15. The van der Waals surface area contributed by atoms with E-state index in [1.807, 2.05) is 24.3 Å². The van der Waals surface area contributed by atoms with Crippen LogP contribution in [0.4, 0.5) is 4.39 Å². The molecule has 0 saturated carbocycles. The number of esters is 1. The molecule has 1 aliphatic heterocycles. The largest absolute Gasteiger partial charge is 0.402 e. The van der Waals surface area contributed by atoms with Crippen molar-refractivity contribution in [2.24, 2.45) is 4.99 Å². The van der Waals surface area contributed by atoms with Gasteiger partial charge in [-0.3, -0.25) is 0 Å². The van der Waals surface area contributed by atoms with E-state index in [2.05, 4.69) is 37.7 Å². The van der Waals surface area contributed by atoms with E-state index in [4.69, 9.17) is 4.74 Å². The van der Waals surface area contributed by atoms with Crippen LogP contribution in [0.15, 0.2) is 65.8 Å². The monoisotopic (exact) mass is 460 g/mol. The van der Waals surface area contributed by atoms with E-state index in [0.717, 1.165) is 9.13 Å². The second-order valence-corrected chi connectivity index (χ2v) is 6.53. The van der Waals surface area contributed by atoms with E-state index in [0.29, 0.717) is 5.56 Å². The van der Waals surface area contributed by atoms with Gasteiger partial charge in [0.05, 0.1) is 5.56 Å². The van der Waals surface area contributed by atoms with Crippen molar-refractivity contribution in [1.82, 2.24) is 14.8 Å². The van der Waals surface area contributed by atoms with Gasteiger partial charge in [-0.1, -0.05) is 18.2 Å². The van der Waals surface area contributed by atoms with Crippen LogP contribution < -0.4 is 0 Å². The van der Waals surface area contributed by atoms with E-state index in [-0.39, 0.29) is 17.3 Å². The van der Waals surface area contributed by atoms with Gasteiger partial charge in [-0.15, -0.1) is 0 Å². The maximum absolute atomic E-state index is 14.3. The summed E-state index contributed by atoms with van der Waals surface area (Å²) in [6.45, 7) is 0. The molecule has 0 N–H and O–H groups in total. The Morgan fingerprint density at radius 1 is 1.19 bits per heavy atom. The lowest BCUT2D eigenvalue weighted by molar-refractivity contribution is -0.129. The van der Waals surface area contributed by atoms with Gasteiger partial charge in [0.15, 0.2) is 5.70 Å². The Kier molecular flexibility index (Phi) is 4.33. The van der Waals surface area contributed by atoms with Crippen molar-refractivity contribution in [3.8, 4) is 5.69 Å². The second-order valence-electron chi connectivity index (χ2n) is 5.37. The zero-order valence-electron chi connectivity index (χ0n) is 13.1. The number of halogens is 2. The van der Waals surface area contributed by atoms with Crippen LogP contribution in [-0.2, 0) is 9.53 Å². The van der Waals surface area contributed by atoms with Crippen molar-refractivity contribution in [3.05, 3.63) is 81.3 Å². The first-order chi connectivity index (χ1) is 12.6. The molecule has 0 saturated heterocycles. The lowest BCUT2D eigenvalue weighted by Crippen LogP contribution is -2.06. The molecule has 3 aromatic rings. The number of ether oxygens (including phenoxy) is 1. The number of aliphatic imine (C=N–C) groups is 1. The average Bonchev–Trinajstić information content (AvgIpc) is 3.26. The molecule has 0 aliphatic carbocycles. The molecule has 2 heterocycles. The Balaban J connectivity index is 1.67. The third-order valence-corrected chi connectivity index (χ3v) is 4.61. The van der Waals surface area contributed by atoms with Crippen LogP contribution in [0.3, 0.4) is 0 Å². The van der Waals surface area contributed by atoms with Gasteiger partial charge in [-0.05, 0) is 58.5 Å². The molecule has 8 heteroatoms. The Bertz CT molecular complexity index is 1060. The van der Waals surface area contributed by atoms with E-state index < -0.39 is 11.8 Å². The van der Waals surface area contributed by atoms with Crippen molar-refractivity contribution >= 4 is 40.5 Å². The van der Waals surface area contributed by atoms with E-state index in [1.54, 1.807) is 12.1 Å². The van der Waals surface area contributed by atoms with Crippen molar-refractivity contribution < 1.29 is 13.9 Å². The molecule has 0 spiro atoms. The van der Waals surface area contributed by atoms with Crippen LogP contribution >= 0.6 is 22.6 Å². The Morgan fingerprint density at radius 3 is 2.77 bits per heavy atom. The quantitative estimate of drug-likeness (QED) is 0.342. The molecule has 0 bridgehead atoms. The van der Waals surface area contributed by atoms with E-state index >= 15 is 0 Å². The Morgan fingerprint density at radius 2 is 2.04 bits per heavy atom. The molecule has 0 amide bonds. The number of aromatic nitrogens is 3. The number of nitrogens with zero attached hydrogens (tertiary/aromatic N) is 4. The molecule has 1 aliphatic rings. The number of hydrogen-bond donors (Lipinski definition) is 0. The first-order valence-electron chi connectivity index (χ1n) is 7.54. The highest BCUT2D eigenvalue weighted by molar-refractivity contribution is 14.1. The van der Waals surface area contributed by atoms with Crippen LogP contribution in [0.25, 0.3) is 11.8 Å². The normalized spacial score (nSPS) is 15.2. The van der Waals surface area contributed by atoms with Crippen molar-refractivity contribution in [2.45, 2.75) is 0 Å². The maximum atomic E-state index is 14.3. The van der Waals surface area contributed by atoms with Crippen molar-refractivity contribution in [1.29, 1.82) is 0 Å². The fourth-order valence-corrected chi connectivity index (χ4v) is 3.07. The molecule has 0 radical (unpaired) electrons. The minimum absolute atomic E-state index is 0.118. The highest BCUT2D eigenvalue weighted by atomic mass is 127. The molecule has 0 unspecified atom stereocenters. The van der Waals surface area contributed by atoms with Gasteiger partial charge in [0, 0.05) is 3.57 Å². The number of hydrogen-bond acceptors (Lipinski definition) is 5. The topological polar surface area (TPSA) is 69.4 Å². The van der Waals surface area contributed by atoms with Gasteiger partial charge in [0.25, 0.3) is 0 Å². The summed E-state index contributed by atoms with van der Waals surface area (Å²) in [5.74, 6) is -0.815. The highest BCUT2D eigenvalue weighted by Crippen LogP contribution is 2.23. The maximum Gasteiger partial charge on any atom is 0.363 e. The van der Waals surface area contributed by atoms with Gasteiger partial charge >= 0.3 is 5.97 Å². The summed E-state index contributed by atoms with van der Waals surface area (Å²) in [5, 5.41) is 3.90. The smallest absolute Gasteiger partial charge is 0.363 e. The summed E-state index contributed by atoms with van der Waals surface area (Å²) in [6, 6.07) is 12.0. The summed E-state index contributed by atoms with van der Waals surface area (Å²) >= 11 is 2.15. The third-order valence-electron chi connectivity index (χ3n) is 3.67. The molecular weight excluding hydrogens is 450 g/mol. The number of rotatable bonds is 3. The Hall–Kier alpha value is -2.88. The Labute approximate surface area is 161 Å². The number of benzene rings is 2. The molecule has 128 valence electrons. The van der Waals surface area contributed by atoms with Gasteiger partial charge in [-0.25, -0.2) is 23.8 Å². The highest BCUT2D eigenvalue weighted by Gasteiger charge is 2.25. The number of cyclic esters (lactones) is 1. The summed E-state index contributed by atoms with van der Waals surface area (Å²) in [6.07, 6.45) is 4.22. The molecule has 4 rings (SSSR count). The van der Waals surface area contributed by atoms with Gasteiger partial charge in [0.1, 0.15) is 24.2 Å². The van der Waals surface area contributed by atoms with Crippen LogP contribution in [0.2, 0.25) is 0 Å². The van der Waals surface area contributed by atoms with Gasteiger partial charge in [0.2, 0.25) is 5.90 Å². The zero-order valence-corrected chi connectivity index (χ0v) is 15.3. The summed E-state index contributed by atoms with van der Waals surface area (Å²) in [7, 11) is 0. The van der Waals surface area contributed by atoms with Gasteiger partial charge < -0.3 is 4.74 Å². The number of carbonyl (C=O) groups is 1. The first-order valence-corrected chi connectivity index (χ1v) is 8.62. The van der Waals surface area contributed by atoms with Crippen LogP contribution in [0, 0.1) is 9.39 Å². The average molecular weight is 460 g/mol. The first kappa shape index (κ1) is 16.6. The van der Waals surface area contributed by atoms with E-state index in [9.17, 15) is 9.18 Å². The predicted molar refractivity (Wildman–Crippen MR) is 101 cm³/mol. The van der Waals surface area contributed by atoms with E-state index in [1.165, 1.54) is 29.5 Å². The molecule has 6 nitrogen and oxygen atoms in total. The predicted octanol–water partition coefficient (Wildman–Crippen LogP) is 3.36. The number of carbonyl (C=O) groups excluding carboxylic acids is 1. The summed E-state index contributed by atoms with van der Waals surface area (Å²) < 4.78 is 21.8. The van der Waals surface area contributed by atoms with Gasteiger partial charge in [-0.2, -0.15) is 5.10 Å². The molecule has 1 aromatic heterocycles. The SMILES string of the molecule is O=C1OC(c2ccccc2I)=N/C1=C\c1ccc(-n2cncn2)c(F)c1. The minimum atomic E-state index is -0.569.